The molecule has 1 atom stereocenters. The molecule has 1 N–H and O–H groups in total. The fraction of sp³-hybridized carbons (Fsp3) is 0.500. The summed E-state index contributed by atoms with van der Waals surface area (Å²) in [7, 11) is 0. The fourth-order valence-corrected chi connectivity index (χ4v) is 2.59. The van der Waals surface area contributed by atoms with Gasteiger partial charge in [0.1, 0.15) is 5.82 Å². The first-order chi connectivity index (χ1) is 10.2. The van der Waals surface area contributed by atoms with Gasteiger partial charge in [0, 0.05) is 31.4 Å². The zero-order valence-electron chi connectivity index (χ0n) is 13.5. The molecule has 0 spiro atoms. The van der Waals surface area contributed by atoms with Gasteiger partial charge in [0.25, 0.3) is 0 Å². The number of hydrogen-bond donors (Lipinski definition) is 1. The average Bonchev–Trinajstić information content (AvgIpc) is 2.92. The van der Waals surface area contributed by atoms with Gasteiger partial charge >= 0.3 is 0 Å². The Hall–Kier alpha value is -1.61. The largest absolute Gasteiger partial charge is 0.335 e. The minimum absolute atomic E-state index is 0.403. The summed E-state index contributed by atoms with van der Waals surface area (Å²) in [5, 5.41) is 3.55. The second-order valence-electron chi connectivity index (χ2n) is 5.63. The molecule has 0 bridgehead atoms. The molecule has 1 unspecified atom stereocenters. The molecule has 0 aliphatic rings. The molecule has 2 rings (SSSR count). The molecule has 21 heavy (non-hydrogen) atoms. The van der Waals surface area contributed by atoms with Crippen molar-refractivity contribution in [3.63, 3.8) is 0 Å². The van der Waals surface area contributed by atoms with Crippen LogP contribution in [0.1, 0.15) is 56.6 Å². The SMILES string of the molecule is CCCNC(C)c1cccc(Cc2nccn2CCC)c1. The Labute approximate surface area is 128 Å². The Bertz CT molecular complexity index is 545. The number of nitrogens with zero attached hydrogens (tertiary/aromatic N) is 2. The standard InChI is InChI=1S/C18H27N3/c1-4-9-19-15(3)17-8-6-7-16(13-17)14-18-20-10-12-21(18)11-5-2/h6-8,10,12-13,15,19H,4-5,9,11,14H2,1-3H3. The Balaban J connectivity index is 2.08. The first kappa shape index (κ1) is 15.8. The molecule has 1 heterocycles. The molecule has 1 aromatic heterocycles. The highest BCUT2D eigenvalue weighted by atomic mass is 15.1. The molecule has 0 saturated heterocycles. The number of aromatic nitrogens is 2. The van der Waals surface area contributed by atoms with Gasteiger partial charge in [0.05, 0.1) is 0 Å². The topological polar surface area (TPSA) is 29.9 Å². The third-order valence-corrected chi connectivity index (χ3v) is 3.78. The summed E-state index contributed by atoms with van der Waals surface area (Å²) in [6.45, 7) is 8.73. The second-order valence-corrected chi connectivity index (χ2v) is 5.63. The van der Waals surface area contributed by atoms with E-state index in [1.54, 1.807) is 0 Å². The van der Waals surface area contributed by atoms with Crippen LogP contribution in [0.3, 0.4) is 0 Å². The van der Waals surface area contributed by atoms with Crippen molar-refractivity contribution in [3.05, 3.63) is 53.6 Å². The number of nitrogens with one attached hydrogen (secondary N) is 1. The van der Waals surface area contributed by atoms with Gasteiger partial charge in [-0.15, -0.1) is 0 Å². The quantitative estimate of drug-likeness (QED) is 0.796. The van der Waals surface area contributed by atoms with E-state index in [-0.39, 0.29) is 0 Å². The molecule has 0 radical (unpaired) electrons. The molecule has 2 aromatic rings. The van der Waals surface area contributed by atoms with E-state index in [2.05, 4.69) is 66.1 Å². The fourth-order valence-electron chi connectivity index (χ4n) is 2.59. The predicted molar refractivity (Wildman–Crippen MR) is 88.5 cm³/mol. The van der Waals surface area contributed by atoms with E-state index in [1.165, 1.54) is 17.5 Å². The number of rotatable bonds is 8. The van der Waals surface area contributed by atoms with Gasteiger partial charge in [-0.25, -0.2) is 4.98 Å². The van der Waals surface area contributed by atoms with E-state index < -0.39 is 0 Å². The highest BCUT2D eigenvalue weighted by Gasteiger charge is 2.07. The highest BCUT2D eigenvalue weighted by molar-refractivity contribution is 5.28. The monoisotopic (exact) mass is 285 g/mol. The van der Waals surface area contributed by atoms with Crippen molar-refractivity contribution in [1.29, 1.82) is 0 Å². The number of hydrogen-bond acceptors (Lipinski definition) is 2. The van der Waals surface area contributed by atoms with Crippen molar-refractivity contribution in [1.82, 2.24) is 14.9 Å². The highest BCUT2D eigenvalue weighted by Crippen LogP contribution is 2.16. The number of aryl methyl sites for hydroxylation is 1. The maximum absolute atomic E-state index is 4.50. The van der Waals surface area contributed by atoms with Gasteiger partial charge in [-0.2, -0.15) is 0 Å². The molecule has 0 fully saturated rings. The van der Waals surface area contributed by atoms with Gasteiger partial charge in [-0.3, -0.25) is 0 Å². The molecule has 0 aliphatic heterocycles. The minimum atomic E-state index is 0.403. The summed E-state index contributed by atoms with van der Waals surface area (Å²) in [5.74, 6) is 1.16. The van der Waals surface area contributed by atoms with Gasteiger partial charge in [-0.1, -0.05) is 38.1 Å². The minimum Gasteiger partial charge on any atom is -0.335 e. The Morgan fingerprint density at radius 3 is 2.86 bits per heavy atom. The summed E-state index contributed by atoms with van der Waals surface area (Å²) in [4.78, 5) is 4.50. The van der Waals surface area contributed by atoms with Crippen molar-refractivity contribution in [2.75, 3.05) is 6.54 Å². The molecule has 0 aliphatic carbocycles. The van der Waals surface area contributed by atoms with Crippen LogP contribution in [-0.2, 0) is 13.0 Å². The van der Waals surface area contributed by atoms with Crippen molar-refractivity contribution in [2.45, 2.75) is 52.6 Å². The van der Waals surface area contributed by atoms with E-state index >= 15 is 0 Å². The maximum Gasteiger partial charge on any atom is 0.113 e. The van der Waals surface area contributed by atoms with Crippen LogP contribution in [0.5, 0.6) is 0 Å². The molecule has 3 nitrogen and oxygen atoms in total. The van der Waals surface area contributed by atoms with E-state index in [4.69, 9.17) is 0 Å². The van der Waals surface area contributed by atoms with E-state index in [1.807, 2.05) is 6.20 Å². The number of benzene rings is 1. The molecule has 0 amide bonds. The van der Waals surface area contributed by atoms with Crippen LogP contribution in [0.4, 0.5) is 0 Å². The zero-order chi connectivity index (χ0) is 15.1. The van der Waals surface area contributed by atoms with Gasteiger partial charge in [-0.05, 0) is 37.4 Å². The Kier molecular flexibility index (Phi) is 6.00. The second kappa shape index (κ2) is 7.99. The first-order valence-corrected chi connectivity index (χ1v) is 8.06. The summed E-state index contributed by atoms with van der Waals surface area (Å²) in [5.41, 5.74) is 2.69. The van der Waals surface area contributed by atoms with Gasteiger partial charge in [0.15, 0.2) is 0 Å². The zero-order valence-corrected chi connectivity index (χ0v) is 13.5. The van der Waals surface area contributed by atoms with Gasteiger partial charge < -0.3 is 9.88 Å². The maximum atomic E-state index is 4.50. The van der Waals surface area contributed by atoms with Crippen LogP contribution < -0.4 is 5.32 Å². The van der Waals surface area contributed by atoms with Crippen LogP contribution in [0.2, 0.25) is 0 Å². The van der Waals surface area contributed by atoms with Crippen LogP contribution in [0.15, 0.2) is 36.7 Å². The van der Waals surface area contributed by atoms with E-state index in [9.17, 15) is 0 Å². The molecule has 1 aromatic carbocycles. The van der Waals surface area contributed by atoms with E-state index in [0.717, 1.165) is 31.8 Å². The van der Waals surface area contributed by atoms with Crippen LogP contribution in [-0.4, -0.2) is 16.1 Å². The predicted octanol–water partition coefficient (Wildman–Crippen LogP) is 3.94. The van der Waals surface area contributed by atoms with Crippen LogP contribution >= 0.6 is 0 Å². The van der Waals surface area contributed by atoms with Gasteiger partial charge in [0.2, 0.25) is 0 Å². The van der Waals surface area contributed by atoms with Crippen molar-refractivity contribution < 1.29 is 0 Å². The van der Waals surface area contributed by atoms with Crippen LogP contribution in [0, 0.1) is 0 Å². The summed E-state index contributed by atoms with van der Waals surface area (Å²) in [6, 6.07) is 9.26. The van der Waals surface area contributed by atoms with Crippen LogP contribution in [0.25, 0.3) is 0 Å². The lowest BCUT2D eigenvalue weighted by Crippen LogP contribution is -2.19. The smallest absolute Gasteiger partial charge is 0.113 e. The summed E-state index contributed by atoms with van der Waals surface area (Å²) < 4.78 is 2.26. The van der Waals surface area contributed by atoms with Crippen molar-refractivity contribution in [3.8, 4) is 0 Å². The third kappa shape index (κ3) is 4.43. The lowest BCUT2D eigenvalue weighted by molar-refractivity contribution is 0.570. The lowest BCUT2D eigenvalue weighted by atomic mass is 10.0. The normalized spacial score (nSPS) is 12.5. The Morgan fingerprint density at radius 1 is 1.24 bits per heavy atom. The lowest BCUT2D eigenvalue weighted by Gasteiger charge is -2.15. The average molecular weight is 285 g/mol. The third-order valence-electron chi connectivity index (χ3n) is 3.78. The van der Waals surface area contributed by atoms with Crippen molar-refractivity contribution in [2.24, 2.45) is 0 Å². The molecule has 3 heteroatoms. The number of imidazole rings is 1. The van der Waals surface area contributed by atoms with Crippen molar-refractivity contribution >= 4 is 0 Å². The molecular formula is C18H27N3. The molecular weight excluding hydrogens is 258 g/mol. The Morgan fingerprint density at radius 2 is 2.10 bits per heavy atom. The van der Waals surface area contributed by atoms with E-state index in [0.29, 0.717) is 6.04 Å². The summed E-state index contributed by atoms with van der Waals surface area (Å²) in [6.07, 6.45) is 7.19. The molecule has 0 saturated carbocycles. The first-order valence-electron chi connectivity index (χ1n) is 8.06. The summed E-state index contributed by atoms with van der Waals surface area (Å²) >= 11 is 0. The molecule has 114 valence electrons.